The maximum Gasteiger partial charge on any atom is 0.317 e. The zero-order valence-electron chi connectivity index (χ0n) is 13.6. The molecule has 0 aromatic carbocycles. The van der Waals surface area contributed by atoms with Gasteiger partial charge in [-0.3, -0.25) is 9.00 Å². The van der Waals surface area contributed by atoms with Crippen molar-refractivity contribution in [2.24, 2.45) is 11.3 Å². The Hall–Kier alpha value is -1.11. The molecule has 0 spiro atoms. The molecule has 6 nitrogen and oxygen atoms in total. The maximum absolute atomic E-state index is 12.4. The molecule has 1 aliphatic heterocycles. The Labute approximate surface area is 134 Å². The molecule has 0 bridgehead atoms. The van der Waals surface area contributed by atoms with Gasteiger partial charge in [-0.1, -0.05) is 12.8 Å². The van der Waals surface area contributed by atoms with Gasteiger partial charge in [0.15, 0.2) is 0 Å². The third kappa shape index (κ3) is 3.45. The average molecular weight is 330 g/mol. The van der Waals surface area contributed by atoms with Crippen molar-refractivity contribution in [3.8, 4) is 0 Å². The van der Waals surface area contributed by atoms with Gasteiger partial charge in [-0.25, -0.2) is 4.79 Å². The number of hydrogen-bond acceptors (Lipinski definition) is 4. The summed E-state index contributed by atoms with van der Waals surface area (Å²) in [5.41, 5.74) is -0.527. The SMILES string of the molecule is COC(=O)[C@@]12CCCC[C@@H]1CN(C(=O)NC(C)CS(C)=O)C2. The van der Waals surface area contributed by atoms with Crippen LogP contribution in [0.4, 0.5) is 4.79 Å². The number of hydrogen-bond donors (Lipinski definition) is 1. The van der Waals surface area contributed by atoms with Crippen LogP contribution in [0, 0.1) is 11.3 Å². The van der Waals surface area contributed by atoms with Crippen LogP contribution < -0.4 is 5.32 Å². The van der Waals surface area contributed by atoms with Crippen LogP contribution in [0.25, 0.3) is 0 Å². The fourth-order valence-corrected chi connectivity index (χ4v) is 4.63. The van der Waals surface area contributed by atoms with Crippen LogP contribution in [-0.4, -0.2) is 59.4 Å². The number of rotatable bonds is 4. The van der Waals surface area contributed by atoms with E-state index in [2.05, 4.69) is 5.32 Å². The molecule has 1 N–H and O–H groups in total. The molecule has 7 heteroatoms. The number of amides is 2. The summed E-state index contributed by atoms with van der Waals surface area (Å²) in [4.78, 5) is 26.4. The van der Waals surface area contributed by atoms with Crippen LogP contribution >= 0.6 is 0 Å². The molecule has 126 valence electrons. The van der Waals surface area contributed by atoms with Gasteiger partial charge in [-0.15, -0.1) is 0 Å². The van der Waals surface area contributed by atoms with Gasteiger partial charge in [0, 0.05) is 41.9 Å². The van der Waals surface area contributed by atoms with Crippen molar-refractivity contribution in [2.75, 3.05) is 32.2 Å². The van der Waals surface area contributed by atoms with Crippen LogP contribution in [0.15, 0.2) is 0 Å². The highest BCUT2D eigenvalue weighted by Gasteiger charge is 2.54. The predicted octanol–water partition coefficient (Wildman–Crippen LogP) is 1.13. The molecule has 2 unspecified atom stereocenters. The van der Waals surface area contributed by atoms with Crippen molar-refractivity contribution >= 4 is 22.8 Å². The largest absolute Gasteiger partial charge is 0.469 e. The van der Waals surface area contributed by atoms with Gasteiger partial charge in [-0.2, -0.15) is 0 Å². The first-order valence-electron chi connectivity index (χ1n) is 7.83. The summed E-state index contributed by atoms with van der Waals surface area (Å²) in [5.74, 6) is 0.441. The molecule has 2 fully saturated rings. The number of urea groups is 1. The zero-order valence-corrected chi connectivity index (χ0v) is 14.4. The second kappa shape index (κ2) is 6.98. The van der Waals surface area contributed by atoms with E-state index in [9.17, 15) is 13.8 Å². The molecule has 2 rings (SSSR count). The summed E-state index contributed by atoms with van der Waals surface area (Å²) in [5, 5.41) is 2.88. The average Bonchev–Trinajstić information content (AvgIpc) is 2.86. The molecule has 1 heterocycles. The van der Waals surface area contributed by atoms with Gasteiger partial charge in [0.2, 0.25) is 0 Å². The highest BCUT2D eigenvalue weighted by Crippen LogP contribution is 2.47. The number of nitrogens with one attached hydrogen (secondary N) is 1. The molecule has 1 saturated heterocycles. The fraction of sp³-hybridized carbons (Fsp3) is 0.867. The van der Waals surface area contributed by atoms with Crippen LogP contribution in [0.2, 0.25) is 0 Å². The Kier molecular flexibility index (Phi) is 5.47. The number of carbonyl (C=O) groups is 2. The minimum atomic E-state index is -0.945. The normalized spacial score (nSPS) is 30.3. The number of ether oxygens (including phenoxy) is 1. The van der Waals surface area contributed by atoms with Gasteiger partial charge in [0.25, 0.3) is 0 Å². The van der Waals surface area contributed by atoms with Gasteiger partial charge in [0.1, 0.15) is 0 Å². The molecule has 0 aromatic heterocycles. The maximum atomic E-state index is 12.4. The van der Waals surface area contributed by atoms with Crippen molar-refractivity contribution in [2.45, 2.75) is 38.6 Å². The minimum absolute atomic E-state index is 0.143. The van der Waals surface area contributed by atoms with Crippen molar-refractivity contribution < 1.29 is 18.5 Å². The van der Waals surface area contributed by atoms with E-state index in [0.29, 0.717) is 18.8 Å². The molecule has 0 aromatic rings. The highest BCUT2D eigenvalue weighted by molar-refractivity contribution is 7.84. The first-order chi connectivity index (χ1) is 10.4. The van der Waals surface area contributed by atoms with Crippen LogP contribution in [-0.2, 0) is 20.3 Å². The van der Waals surface area contributed by atoms with E-state index in [1.165, 1.54) is 7.11 Å². The van der Waals surface area contributed by atoms with Crippen molar-refractivity contribution in [1.82, 2.24) is 10.2 Å². The molecule has 0 radical (unpaired) electrons. The molecule has 1 aliphatic carbocycles. The van der Waals surface area contributed by atoms with E-state index in [1.807, 2.05) is 6.92 Å². The number of likely N-dealkylation sites (tertiary alicyclic amines) is 1. The first-order valence-corrected chi connectivity index (χ1v) is 9.55. The minimum Gasteiger partial charge on any atom is -0.469 e. The summed E-state index contributed by atoms with van der Waals surface area (Å²) in [6, 6.07) is -0.314. The quantitative estimate of drug-likeness (QED) is 0.784. The van der Waals surface area contributed by atoms with E-state index in [-0.39, 0.29) is 24.0 Å². The van der Waals surface area contributed by atoms with Gasteiger partial charge >= 0.3 is 12.0 Å². The fourth-order valence-electron chi connectivity index (χ4n) is 3.84. The van der Waals surface area contributed by atoms with Crippen LogP contribution in [0.1, 0.15) is 32.6 Å². The third-order valence-corrected chi connectivity index (χ3v) is 5.82. The van der Waals surface area contributed by atoms with E-state index in [0.717, 1.165) is 25.7 Å². The van der Waals surface area contributed by atoms with Crippen LogP contribution in [0.3, 0.4) is 0 Å². The molecular formula is C15H26N2O4S. The molecule has 1 saturated carbocycles. The van der Waals surface area contributed by atoms with Crippen molar-refractivity contribution in [1.29, 1.82) is 0 Å². The monoisotopic (exact) mass is 330 g/mol. The molecule has 2 amide bonds. The van der Waals surface area contributed by atoms with Gasteiger partial charge < -0.3 is 15.0 Å². The zero-order chi connectivity index (χ0) is 16.3. The summed E-state index contributed by atoms with van der Waals surface area (Å²) in [6.07, 6.45) is 5.49. The summed E-state index contributed by atoms with van der Waals surface area (Å²) < 4.78 is 16.2. The topological polar surface area (TPSA) is 75.7 Å². The summed E-state index contributed by atoms with van der Waals surface area (Å²) in [6.45, 7) is 2.87. The number of nitrogens with zero attached hydrogens (tertiary/aromatic N) is 1. The van der Waals surface area contributed by atoms with Gasteiger partial charge in [0.05, 0.1) is 12.5 Å². The summed E-state index contributed by atoms with van der Waals surface area (Å²) >= 11 is 0. The smallest absolute Gasteiger partial charge is 0.317 e. The Morgan fingerprint density at radius 2 is 2.18 bits per heavy atom. The Balaban J connectivity index is 2.04. The number of methoxy groups -OCH3 is 1. The van der Waals surface area contributed by atoms with E-state index in [4.69, 9.17) is 4.74 Å². The lowest BCUT2D eigenvalue weighted by molar-refractivity contribution is -0.156. The number of esters is 1. The standard InChI is InChI=1S/C15H26N2O4S/c1-11(9-22(3)20)16-14(19)17-8-12-6-4-5-7-15(12,10-17)13(18)21-2/h11-12H,4-10H2,1-3H3,(H,16,19)/t11?,12-,15-,22?/m1/s1. The Morgan fingerprint density at radius 1 is 1.45 bits per heavy atom. The summed E-state index contributed by atoms with van der Waals surface area (Å²) in [7, 11) is 0.476. The van der Waals surface area contributed by atoms with Crippen LogP contribution in [0.5, 0.6) is 0 Å². The highest BCUT2D eigenvalue weighted by atomic mass is 32.2. The first kappa shape index (κ1) is 17.2. The Morgan fingerprint density at radius 3 is 2.82 bits per heavy atom. The molecule has 2 aliphatic rings. The lowest BCUT2D eigenvalue weighted by Crippen LogP contribution is -2.46. The third-order valence-electron chi connectivity index (χ3n) is 4.85. The van der Waals surface area contributed by atoms with Crippen molar-refractivity contribution in [3.63, 3.8) is 0 Å². The molecule has 22 heavy (non-hydrogen) atoms. The lowest BCUT2D eigenvalue weighted by Gasteiger charge is -2.35. The van der Waals surface area contributed by atoms with Gasteiger partial charge in [-0.05, 0) is 25.7 Å². The van der Waals surface area contributed by atoms with Crippen molar-refractivity contribution in [3.05, 3.63) is 0 Å². The van der Waals surface area contributed by atoms with E-state index < -0.39 is 16.2 Å². The molecule has 4 atom stereocenters. The lowest BCUT2D eigenvalue weighted by atomic mass is 9.68. The van der Waals surface area contributed by atoms with E-state index in [1.54, 1.807) is 11.2 Å². The number of carbonyl (C=O) groups excluding carboxylic acids is 2. The second-order valence-electron chi connectivity index (χ2n) is 6.56. The second-order valence-corrected chi connectivity index (χ2v) is 8.04. The molecular weight excluding hydrogens is 304 g/mol. The Bertz CT molecular complexity index is 470. The van der Waals surface area contributed by atoms with E-state index >= 15 is 0 Å². The number of fused-ring (bicyclic) bond motifs is 1. The predicted molar refractivity (Wildman–Crippen MR) is 84.9 cm³/mol.